The van der Waals surface area contributed by atoms with Crippen molar-refractivity contribution in [1.82, 2.24) is 4.90 Å². The summed E-state index contributed by atoms with van der Waals surface area (Å²) in [5.41, 5.74) is 2.66. The number of amides is 1. The van der Waals surface area contributed by atoms with Crippen LogP contribution in [0.15, 0.2) is 52.5 Å². The topological polar surface area (TPSA) is 41.9 Å². The highest BCUT2D eigenvalue weighted by molar-refractivity contribution is 7.11. The second kappa shape index (κ2) is 10.4. The predicted octanol–water partition coefficient (Wildman–Crippen LogP) is 5.51. The van der Waals surface area contributed by atoms with Gasteiger partial charge in [-0.1, -0.05) is 31.2 Å². The van der Waals surface area contributed by atoms with Gasteiger partial charge in [-0.15, -0.1) is 11.3 Å². The minimum Gasteiger partial charge on any atom is -0.496 e. The fraction of sp³-hybridized carbons (Fsp3) is 0.417. The van der Waals surface area contributed by atoms with Crippen LogP contribution in [0.2, 0.25) is 0 Å². The molecule has 1 aromatic heterocycles. The fourth-order valence-corrected chi connectivity index (χ4v) is 3.39. The van der Waals surface area contributed by atoms with Crippen molar-refractivity contribution in [3.8, 4) is 5.75 Å². The zero-order valence-corrected chi connectivity index (χ0v) is 19.2. The highest BCUT2D eigenvalue weighted by Crippen LogP contribution is 2.22. The maximum absolute atomic E-state index is 13.0. The van der Waals surface area contributed by atoms with Crippen LogP contribution in [0.3, 0.4) is 0 Å². The first-order valence-electron chi connectivity index (χ1n) is 9.98. The van der Waals surface area contributed by atoms with E-state index in [1.165, 1.54) is 11.1 Å². The lowest BCUT2D eigenvalue weighted by Crippen LogP contribution is -2.43. The third-order valence-corrected chi connectivity index (χ3v) is 5.71. The highest BCUT2D eigenvalue weighted by Gasteiger charge is 2.24. The molecule has 0 radical (unpaired) electrons. The first kappa shape index (κ1) is 22.9. The molecule has 0 atom stereocenters. The van der Waals surface area contributed by atoms with Crippen LogP contribution in [0.25, 0.3) is 0 Å². The molecule has 0 saturated heterocycles. The van der Waals surface area contributed by atoms with E-state index in [0.29, 0.717) is 5.70 Å². The monoisotopic (exact) mass is 412 g/mol. The van der Waals surface area contributed by atoms with Crippen molar-refractivity contribution in [3.05, 3.63) is 63.5 Å². The van der Waals surface area contributed by atoms with E-state index in [4.69, 9.17) is 4.74 Å². The minimum atomic E-state index is -0.263. The number of hydrogen-bond donors (Lipinski definition) is 0. The standard InChI is InChI=1S/C24H32N2O2S/c1-7-19-16-18(13-14-22(19)28-6)10-8-12-21(23(27)26(5)24(2,3)4)25-17-20-11-9-15-29-20/h9,11-17H,7-8,10H2,1-6H3/b21-12+,25-17+. The normalized spacial score (nSPS) is 12.4. The maximum atomic E-state index is 13.0. The van der Waals surface area contributed by atoms with Crippen LogP contribution in [0.5, 0.6) is 5.75 Å². The molecule has 0 aliphatic carbocycles. The Labute approximate surface area is 178 Å². The van der Waals surface area contributed by atoms with Crippen molar-refractivity contribution in [2.24, 2.45) is 4.99 Å². The van der Waals surface area contributed by atoms with Crippen LogP contribution in [0.1, 0.15) is 50.1 Å². The summed E-state index contributed by atoms with van der Waals surface area (Å²) >= 11 is 1.61. The van der Waals surface area contributed by atoms with Gasteiger partial charge in [0.15, 0.2) is 0 Å². The summed E-state index contributed by atoms with van der Waals surface area (Å²) in [4.78, 5) is 20.3. The van der Waals surface area contributed by atoms with E-state index in [1.807, 2.05) is 57.5 Å². The first-order valence-corrected chi connectivity index (χ1v) is 10.9. The molecule has 1 heterocycles. The van der Waals surface area contributed by atoms with Gasteiger partial charge in [-0.3, -0.25) is 4.79 Å². The van der Waals surface area contributed by atoms with Gasteiger partial charge in [-0.2, -0.15) is 0 Å². The summed E-state index contributed by atoms with van der Waals surface area (Å²) in [6, 6.07) is 10.3. The zero-order chi connectivity index (χ0) is 21.4. The van der Waals surface area contributed by atoms with Gasteiger partial charge in [0.25, 0.3) is 5.91 Å². The summed E-state index contributed by atoms with van der Waals surface area (Å²) in [5, 5.41) is 2.00. The summed E-state index contributed by atoms with van der Waals surface area (Å²) < 4.78 is 5.41. The lowest BCUT2D eigenvalue weighted by atomic mass is 10.0. The van der Waals surface area contributed by atoms with Gasteiger partial charge >= 0.3 is 0 Å². The van der Waals surface area contributed by atoms with Crippen LogP contribution in [0.4, 0.5) is 0 Å². The number of rotatable bonds is 8. The first-order chi connectivity index (χ1) is 13.8. The van der Waals surface area contributed by atoms with Gasteiger partial charge < -0.3 is 9.64 Å². The van der Waals surface area contributed by atoms with Crippen molar-refractivity contribution in [1.29, 1.82) is 0 Å². The number of carbonyl (C=O) groups excluding carboxylic acids is 1. The number of aliphatic imine (C=N–C) groups is 1. The van der Waals surface area contributed by atoms with E-state index in [0.717, 1.165) is 29.9 Å². The molecule has 156 valence electrons. The Kier molecular flexibility index (Phi) is 8.21. The van der Waals surface area contributed by atoms with Crippen molar-refractivity contribution in [3.63, 3.8) is 0 Å². The van der Waals surface area contributed by atoms with E-state index in [2.05, 4.69) is 24.0 Å². The quantitative estimate of drug-likeness (QED) is 0.424. The smallest absolute Gasteiger partial charge is 0.272 e. The lowest BCUT2D eigenvalue weighted by molar-refractivity contribution is -0.129. The molecule has 0 spiro atoms. The molecule has 29 heavy (non-hydrogen) atoms. The van der Waals surface area contributed by atoms with Crippen molar-refractivity contribution < 1.29 is 9.53 Å². The SMILES string of the molecule is CCc1cc(CC/C=C(/N=C/c2cccs2)C(=O)N(C)C(C)(C)C)ccc1OC. The Hall–Kier alpha value is -2.40. The Bertz CT molecular complexity index is 862. The van der Waals surface area contributed by atoms with Gasteiger partial charge in [0.05, 0.1) is 7.11 Å². The van der Waals surface area contributed by atoms with Gasteiger partial charge in [-0.25, -0.2) is 4.99 Å². The number of benzene rings is 1. The molecule has 1 amide bonds. The van der Waals surface area contributed by atoms with E-state index in [9.17, 15) is 4.79 Å². The Morgan fingerprint density at radius 2 is 2.03 bits per heavy atom. The van der Waals surface area contributed by atoms with E-state index >= 15 is 0 Å². The number of nitrogens with zero attached hydrogens (tertiary/aromatic N) is 2. The lowest BCUT2D eigenvalue weighted by Gasteiger charge is -2.32. The van der Waals surface area contributed by atoms with E-state index in [-0.39, 0.29) is 11.4 Å². The second-order valence-electron chi connectivity index (χ2n) is 7.94. The Balaban J connectivity index is 2.19. The van der Waals surface area contributed by atoms with Gasteiger partial charge in [0.1, 0.15) is 11.4 Å². The molecular weight excluding hydrogens is 380 g/mol. The molecule has 2 aromatic rings. The number of likely N-dealkylation sites (N-methyl/N-ethyl adjacent to an activating group) is 1. The van der Waals surface area contributed by atoms with Gasteiger partial charge in [0.2, 0.25) is 0 Å². The highest BCUT2D eigenvalue weighted by atomic mass is 32.1. The molecule has 5 heteroatoms. The maximum Gasteiger partial charge on any atom is 0.272 e. The van der Waals surface area contributed by atoms with Crippen LogP contribution < -0.4 is 4.74 Å². The molecule has 4 nitrogen and oxygen atoms in total. The number of methoxy groups -OCH3 is 1. The van der Waals surface area contributed by atoms with Crippen LogP contribution in [0, 0.1) is 0 Å². The minimum absolute atomic E-state index is 0.0608. The molecule has 0 aliphatic heterocycles. The average Bonchev–Trinajstić information content (AvgIpc) is 3.22. The number of thiophene rings is 1. The molecule has 0 aliphatic rings. The molecule has 0 N–H and O–H groups in total. The average molecular weight is 413 g/mol. The van der Waals surface area contributed by atoms with Crippen molar-refractivity contribution in [2.45, 2.75) is 52.5 Å². The molecule has 0 unspecified atom stereocenters. The third kappa shape index (κ3) is 6.57. The molecule has 0 bridgehead atoms. The summed E-state index contributed by atoms with van der Waals surface area (Å²) in [5.74, 6) is 0.865. The van der Waals surface area contributed by atoms with Crippen molar-refractivity contribution in [2.75, 3.05) is 14.2 Å². The van der Waals surface area contributed by atoms with Crippen LogP contribution in [-0.4, -0.2) is 36.7 Å². The Morgan fingerprint density at radius 1 is 1.28 bits per heavy atom. The largest absolute Gasteiger partial charge is 0.496 e. The molecular formula is C24H32N2O2S. The van der Waals surface area contributed by atoms with E-state index in [1.54, 1.807) is 29.6 Å². The number of hydrogen-bond acceptors (Lipinski definition) is 4. The zero-order valence-electron chi connectivity index (χ0n) is 18.4. The molecule has 2 rings (SSSR count). The van der Waals surface area contributed by atoms with Gasteiger partial charge in [0, 0.05) is 23.7 Å². The van der Waals surface area contributed by atoms with E-state index < -0.39 is 0 Å². The second-order valence-corrected chi connectivity index (χ2v) is 8.92. The predicted molar refractivity (Wildman–Crippen MR) is 123 cm³/mol. The summed E-state index contributed by atoms with van der Waals surface area (Å²) in [6.45, 7) is 8.19. The number of aryl methyl sites for hydroxylation is 2. The fourth-order valence-electron chi connectivity index (χ4n) is 2.81. The summed E-state index contributed by atoms with van der Waals surface area (Å²) in [7, 11) is 3.53. The summed E-state index contributed by atoms with van der Waals surface area (Å²) in [6.07, 6.45) is 6.24. The molecule has 1 aromatic carbocycles. The number of allylic oxidation sites excluding steroid dienone is 1. The Morgan fingerprint density at radius 3 is 2.62 bits per heavy atom. The number of carbonyl (C=O) groups is 1. The van der Waals surface area contributed by atoms with Crippen LogP contribution >= 0.6 is 11.3 Å². The molecule has 0 fully saturated rings. The van der Waals surface area contributed by atoms with Crippen molar-refractivity contribution >= 4 is 23.5 Å². The molecule has 0 saturated carbocycles. The van der Waals surface area contributed by atoms with Gasteiger partial charge in [-0.05, 0) is 68.7 Å². The number of ether oxygens (including phenoxy) is 1. The third-order valence-electron chi connectivity index (χ3n) is 4.90. The van der Waals surface area contributed by atoms with Crippen LogP contribution in [-0.2, 0) is 17.6 Å².